The summed E-state index contributed by atoms with van der Waals surface area (Å²) in [6.07, 6.45) is 5.62. The third-order valence-corrected chi connectivity index (χ3v) is 6.21. The summed E-state index contributed by atoms with van der Waals surface area (Å²) < 4.78 is 28.4. The Morgan fingerprint density at radius 2 is 1.92 bits per heavy atom. The first-order chi connectivity index (χ1) is 11.6. The molecule has 1 aliphatic rings. The van der Waals surface area contributed by atoms with E-state index in [4.69, 9.17) is 0 Å². The van der Waals surface area contributed by atoms with Crippen molar-refractivity contribution in [2.75, 3.05) is 13.1 Å². The largest absolute Gasteiger partial charge is 0.308 e. The summed E-state index contributed by atoms with van der Waals surface area (Å²) in [6.45, 7) is 4.88. The Bertz CT molecular complexity index is 735. The number of nitrogens with zero attached hydrogens (tertiary/aromatic N) is 3. The van der Waals surface area contributed by atoms with Crippen LogP contribution in [-0.2, 0) is 23.1 Å². The highest BCUT2D eigenvalue weighted by Gasteiger charge is 2.26. The topological polar surface area (TPSA) is 67.2 Å². The zero-order valence-electron chi connectivity index (χ0n) is 13.9. The normalized spacial score (nSPS) is 17.2. The standard InChI is InChI=1S/C17H24N4O2S/c1-15(14-20-10-4-9-19-20)18-13-16-5-7-17(8-6-16)24(22,23)21-11-2-3-12-21/h4-10,15,18H,2-3,11-14H2,1H3/t15-/m0/s1. The van der Waals surface area contributed by atoms with E-state index in [0.717, 1.165) is 24.9 Å². The van der Waals surface area contributed by atoms with Crippen LogP contribution >= 0.6 is 0 Å². The third-order valence-electron chi connectivity index (χ3n) is 4.30. The minimum absolute atomic E-state index is 0.276. The molecule has 1 fully saturated rings. The molecule has 2 aromatic rings. The van der Waals surface area contributed by atoms with Gasteiger partial charge >= 0.3 is 0 Å². The van der Waals surface area contributed by atoms with Gasteiger partial charge < -0.3 is 5.32 Å². The number of hydrogen-bond acceptors (Lipinski definition) is 4. The molecule has 6 nitrogen and oxygen atoms in total. The second-order valence-corrected chi connectivity index (χ2v) is 8.20. The average Bonchev–Trinajstić information content (AvgIpc) is 3.27. The Balaban J connectivity index is 1.56. The molecular weight excluding hydrogens is 324 g/mol. The molecule has 0 bridgehead atoms. The van der Waals surface area contributed by atoms with Gasteiger partial charge in [0.15, 0.2) is 0 Å². The lowest BCUT2D eigenvalue weighted by Crippen LogP contribution is -2.30. The van der Waals surface area contributed by atoms with Crippen LogP contribution < -0.4 is 5.32 Å². The van der Waals surface area contributed by atoms with Crippen molar-refractivity contribution in [3.63, 3.8) is 0 Å². The highest BCUT2D eigenvalue weighted by Crippen LogP contribution is 2.21. The van der Waals surface area contributed by atoms with Crippen molar-refractivity contribution in [2.24, 2.45) is 0 Å². The first kappa shape index (κ1) is 17.1. The van der Waals surface area contributed by atoms with Gasteiger partial charge in [-0.05, 0) is 43.5 Å². The Morgan fingerprint density at radius 1 is 1.21 bits per heavy atom. The van der Waals surface area contributed by atoms with Crippen LogP contribution in [-0.4, -0.2) is 41.6 Å². The Labute approximate surface area is 143 Å². The van der Waals surface area contributed by atoms with Crippen molar-refractivity contribution >= 4 is 10.0 Å². The molecule has 0 saturated carbocycles. The molecule has 0 unspecified atom stereocenters. The maximum atomic E-state index is 12.5. The molecular formula is C17H24N4O2S. The summed E-state index contributed by atoms with van der Waals surface area (Å²) in [5.74, 6) is 0. The lowest BCUT2D eigenvalue weighted by Gasteiger charge is -2.16. The number of benzene rings is 1. The maximum Gasteiger partial charge on any atom is 0.243 e. The van der Waals surface area contributed by atoms with Gasteiger partial charge in [-0.15, -0.1) is 0 Å². The molecule has 0 amide bonds. The van der Waals surface area contributed by atoms with E-state index in [2.05, 4.69) is 17.3 Å². The van der Waals surface area contributed by atoms with Gasteiger partial charge in [0.25, 0.3) is 0 Å². The molecule has 0 spiro atoms. The molecule has 3 rings (SSSR count). The molecule has 1 aliphatic heterocycles. The smallest absolute Gasteiger partial charge is 0.243 e. The van der Waals surface area contributed by atoms with E-state index in [1.807, 2.05) is 29.1 Å². The van der Waals surface area contributed by atoms with E-state index in [0.29, 0.717) is 24.5 Å². The molecule has 130 valence electrons. The van der Waals surface area contributed by atoms with E-state index in [-0.39, 0.29) is 6.04 Å². The number of aromatic nitrogens is 2. The van der Waals surface area contributed by atoms with Gasteiger partial charge in [0, 0.05) is 38.1 Å². The summed E-state index contributed by atoms with van der Waals surface area (Å²) >= 11 is 0. The first-order valence-electron chi connectivity index (χ1n) is 8.35. The molecule has 1 aromatic heterocycles. The zero-order valence-corrected chi connectivity index (χ0v) is 14.7. The van der Waals surface area contributed by atoms with Crippen LogP contribution in [0.5, 0.6) is 0 Å². The second kappa shape index (κ2) is 7.46. The summed E-state index contributed by atoms with van der Waals surface area (Å²) in [6, 6.07) is 9.38. The fourth-order valence-corrected chi connectivity index (χ4v) is 4.42. The number of rotatable bonds is 7. The third kappa shape index (κ3) is 4.03. The van der Waals surface area contributed by atoms with E-state index in [9.17, 15) is 8.42 Å². The van der Waals surface area contributed by atoms with Gasteiger partial charge in [-0.2, -0.15) is 9.40 Å². The van der Waals surface area contributed by atoms with Crippen molar-refractivity contribution in [1.29, 1.82) is 0 Å². The molecule has 0 aliphatic carbocycles. The van der Waals surface area contributed by atoms with Crippen LogP contribution in [0.1, 0.15) is 25.3 Å². The Morgan fingerprint density at radius 3 is 2.54 bits per heavy atom. The van der Waals surface area contributed by atoms with Crippen molar-refractivity contribution < 1.29 is 8.42 Å². The summed E-state index contributed by atoms with van der Waals surface area (Å²) in [7, 11) is -3.32. The molecule has 1 saturated heterocycles. The zero-order chi connectivity index (χ0) is 17.0. The van der Waals surface area contributed by atoms with E-state index < -0.39 is 10.0 Å². The van der Waals surface area contributed by atoms with Crippen LogP contribution in [0.2, 0.25) is 0 Å². The van der Waals surface area contributed by atoms with Gasteiger partial charge in [0.2, 0.25) is 10.0 Å². The van der Waals surface area contributed by atoms with Gasteiger partial charge in [-0.25, -0.2) is 8.42 Å². The molecule has 0 radical (unpaired) electrons. The van der Waals surface area contributed by atoms with Gasteiger partial charge in [0.1, 0.15) is 0 Å². The minimum atomic E-state index is -3.32. The molecule has 1 N–H and O–H groups in total. The number of nitrogens with one attached hydrogen (secondary N) is 1. The van der Waals surface area contributed by atoms with Crippen molar-refractivity contribution in [3.8, 4) is 0 Å². The van der Waals surface area contributed by atoms with Crippen LogP contribution in [0.15, 0.2) is 47.6 Å². The molecule has 2 heterocycles. The average molecular weight is 348 g/mol. The Hall–Kier alpha value is -1.70. The first-order valence-corrected chi connectivity index (χ1v) is 9.79. The number of sulfonamides is 1. The lowest BCUT2D eigenvalue weighted by molar-refractivity contribution is 0.450. The Kier molecular flexibility index (Phi) is 5.33. The SMILES string of the molecule is C[C@@H](Cn1cccn1)NCc1ccc(S(=O)(=O)N2CCCC2)cc1. The monoisotopic (exact) mass is 348 g/mol. The van der Waals surface area contributed by atoms with E-state index in [1.54, 1.807) is 22.6 Å². The van der Waals surface area contributed by atoms with Gasteiger partial charge in [-0.3, -0.25) is 4.68 Å². The van der Waals surface area contributed by atoms with Crippen LogP contribution in [0.4, 0.5) is 0 Å². The van der Waals surface area contributed by atoms with E-state index in [1.165, 1.54) is 0 Å². The fraction of sp³-hybridized carbons (Fsp3) is 0.471. The quantitative estimate of drug-likeness (QED) is 0.829. The lowest BCUT2D eigenvalue weighted by atomic mass is 10.2. The number of hydrogen-bond donors (Lipinski definition) is 1. The van der Waals surface area contributed by atoms with Crippen molar-refractivity contribution in [1.82, 2.24) is 19.4 Å². The molecule has 1 aromatic carbocycles. The van der Waals surface area contributed by atoms with Crippen LogP contribution in [0.3, 0.4) is 0 Å². The summed E-state index contributed by atoms with van der Waals surface area (Å²) in [4.78, 5) is 0.387. The molecule has 1 atom stereocenters. The van der Waals surface area contributed by atoms with Gasteiger partial charge in [-0.1, -0.05) is 12.1 Å². The summed E-state index contributed by atoms with van der Waals surface area (Å²) in [5.41, 5.74) is 1.07. The highest BCUT2D eigenvalue weighted by atomic mass is 32.2. The highest BCUT2D eigenvalue weighted by molar-refractivity contribution is 7.89. The molecule has 7 heteroatoms. The maximum absolute atomic E-state index is 12.5. The van der Waals surface area contributed by atoms with Gasteiger partial charge in [0.05, 0.1) is 11.4 Å². The van der Waals surface area contributed by atoms with Crippen molar-refractivity contribution in [2.45, 2.75) is 43.8 Å². The van der Waals surface area contributed by atoms with Crippen LogP contribution in [0, 0.1) is 0 Å². The summed E-state index contributed by atoms with van der Waals surface area (Å²) in [5, 5.41) is 7.62. The van der Waals surface area contributed by atoms with E-state index >= 15 is 0 Å². The minimum Gasteiger partial charge on any atom is -0.308 e. The predicted molar refractivity (Wildman–Crippen MR) is 93.0 cm³/mol. The van der Waals surface area contributed by atoms with Crippen molar-refractivity contribution in [3.05, 3.63) is 48.3 Å². The fourth-order valence-electron chi connectivity index (χ4n) is 2.90. The predicted octanol–water partition coefficient (Wildman–Crippen LogP) is 1.85. The molecule has 24 heavy (non-hydrogen) atoms. The second-order valence-electron chi connectivity index (χ2n) is 6.27. The van der Waals surface area contributed by atoms with Crippen LogP contribution in [0.25, 0.3) is 0 Å².